The number of rotatable bonds is 9. The van der Waals surface area contributed by atoms with E-state index >= 15 is 0 Å². The van der Waals surface area contributed by atoms with E-state index in [0.29, 0.717) is 12.2 Å². The maximum Gasteiger partial charge on any atom is 0.269 e. The lowest BCUT2D eigenvalue weighted by atomic mass is 10.2. The molecule has 0 aromatic carbocycles. The zero-order chi connectivity index (χ0) is 13.9. The van der Waals surface area contributed by atoms with Crippen LogP contribution in [0.1, 0.15) is 43.1 Å². The van der Waals surface area contributed by atoms with Crippen LogP contribution in [0.15, 0.2) is 18.3 Å². The van der Waals surface area contributed by atoms with E-state index < -0.39 is 0 Å². The first-order valence-electron chi connectivity index (χ1n) is 6.87. The number of amides is 1. The second kappa shape index (κ2) is 9.33. The summed E-state index contributed by atoms with van der Waals surface area (Å²) in [5.74, 6) is -0.144. The van der Waals surface area contributed by atoms with Crippen molar-refractivity contribution < 1.29 is 9.90 Å². The van der Waals surface area contributed by atoms with Gasteiger partial charge < -0.3 is 15.7 Å². The molecule has 106 valence electrons. The van der Waals surface area contributed by atoms with Crippen LogP contribution in [0.4, 0.5) is 5.69 Å². The Morgan fingerprint density at radius 2 is 2.11 bits per heavy atom. The van der Waals surface area contributed by atoms with Crippen LogP contribution in [0, 0.1) is 0 Å². The first kappa shape index (κ1) is 15.4. The third-order valence-corrected chi connectivity index (χ3v) is 2.74. The van der Waals surface area contributed by atoms with Gasteiger partial charge >= 0.3 is 0 Å². The van der Waals surface area contributed by atoms with Crippen molar-refractivity contribution in [2.45, 2.75) is 32.6 Å². The van der Waals surface area contributed by atoms with E-state index in [1.165, 1.54) is 0 Å². The molecule has 0 unspecified atom stereocenters. The van der Waals surface area contributed by atoms with Gasteiger partial charge in [0.2, 0.25) is 0 Å². The number of carbonyl (C=O) groups excluding carboxylic acids is 1. The van der Waals surface area contributed by atoms with Gasteiger partial charge in [-0.15, -0.1) is 0 Å². The molecule has 0 aliphatic heterocycles. The molecule has 0 radical (unpaired) electrons. The maximum absolute atomic E-state index is 11.6. The topological polar surface area (TPSA) is 74.2 Å². The Bertz CT molecular complexity index is 383. The van der Waals surface area contributed by atoms with Crippen molar-refractivity contribution in [2.75, 3.05) is 25.0 Å². The minimum atomic E-state index is -0.144. The van der Waals surface area contributed by atoms with Crippen molar-refractivity contribution in [3.63, 3.8) is 0 Å². The molecule has 0 spiro atoms. The molecule has 0 aliphatic rings. The van der Waals surface area contributed by atoms with Crippen LogP contribution in [0.25, 0.3) is 0 Å². The molecule has 3 N–H and O–H groups in total. The first-order chi connectivity index (χ1) is 9.27. The van der Waals surface area contributed by atoms with Gasteiger partial charge in [0.05, 0.1) is 0 Å². The van der Waals surface area contributed by atoms with E-state index in [0.717, 1.165) is 37.9 Å². The minimum absolute atomic E-state index is 0.144. The van der Waals surface area contributed by atoms with Crippen LogP contribution in [-0.2, 0) is 0 Å². The van der Waals surface area contributed by atoms with Crippen LogP contribution in [0.2, 0.25) is 0 Å². The molecule has 1 aromatic rings. The largest absolute Gasteiger partial charge is 0.396 e. The summed E-state index contributed by atoms with van der Waals surface area (Å²) >= 11 is 0. The van der Waals surface area contributed by atoms with Gasteiger partial charge in [-0.05, 0) is 31.9 Å². The number of nitrogens with one attached hydrogen (secondary N) is 2. The summed E-state index contributed by atoms with van der Waals surface area (Å²) in [6.07, 6.45) is 5.72. The summed E-state index contributed by atoms with van der Waals surface area (Å²) < 4.78 is 0. The fourth-order valence-corrected chi connectivity index (χ4v) is 1.74. The summed E-state index contributed by atoms with van der Waals surface area (Å²) in [7, 11) is 0. The van der Waals surface area contributed by atoms with E-state index in [1.54, 1.807) is 12.3 Å². The summed E-state index contributed by atoms with van der Waals surface area (Å²) in [5, 5.41) is 14.7. The predicted octanol–water partition coefficient (Wildman–Crippen LogP) is 1.80. The number of anilines is 1. The van der Waals surface area contributed by atoms with Crippen molar-refractivity contribution in [3.8, 4) is 0 Å². The van der Waals surface area contributed by atoms with Crippen LogP contribution < -0.4 is 10.6 Å². The van der Waals surface area contributed by atoms with Crippen LogP contribution in [0.5, 0.6) is 0 Å². The Morgan fingerprint density at radius 1 is 1.32 bits per heavy atom. The maximum atomic E-state index is 11.6. The number of nitrogens with zero attached hydrogens (tertiary/aromatic N) is 1. The molecule has 0 fully saturated rings. The lowest BCUT2D eigenvalue weighted by Crippen LogP contribution is -2.23. The quantitative estimate of drug-likeness (QED) is 0.595. The monoisotopic (exact) mass is 265 g/mol. The Morgan fingerprint density at radius 3 is 2.84 bits per heavy atom. The Labute approximate surface area is 114 Å². The average Bonchev–Trinajstić information content (AvgIpc) is 2.43. The predicted molar refractivity (Wildman–Crippen MR) is 76.3 cm³/mol. The minimum Gasteiger partial charge on any atom is -0.396 e. The highest BCUT2D eigenvalue weighted by Gasteiger charge is 2.05. The van der Waals surface area contributed by atoms with E-state index in [4.69, 9.17) is 5.11 Å². The Kier molecular flexibility index (Phi) is 7.58. The van der Waals surface area contributed by atoms with Crippen molar-refractivity contribution >= 4 is 11.6 Å². The smallest absolute Gasteiger partial charge is 0.269 e. The summed E-state index contributed by atoms with van der Waals surface area (Å²) in [6, 6.07) is 3.62. The Hall–Kier alpha value is -1.62. The molecule has 5 nitrogen and oxygen atoms in total. The molecule has 1 rings (SSSR count). The average molecular weight is 265 g/mol. The third kappa shape index (κ3) is 6.20. The molecule has 5 heteroatoms. The van der Waals surface area contributed by atoms with Gasteiger partial charge in [0.15, 0.2) is 0 Å². The lowest BCUT2D eigenvalue weighted by Gasteiger charge is -2.07. The van der Waals surface area contributed by atoms with Crippen LogP contribution >= 0.6 is 0 Å². The van der Waals surface area contributed by atoms with Crippen LogP contribution in [0.3, 0.4) is 0 Å². The van der Waals surface area contributed by atoms with E-state index in [-0.39, 0.29) is 12.5 Å². The highest BCUT2D eigenvalue weighted by Crippen LogP contribution is 2.09. The second-order valence-corrected chi connectivity index (χ2v) is 4.35. The lowest BCUT2D eigenvalue weighted by molar-refractivity contribution is 0.0951. The van der Waals surface area contributed by atoms with Crippen molar-refractivity contribution in [2.24, 2.45) is 0 Å². The SMILES string of the molecule is CCNC(=O)c1cc(NCCCCCCO)ccn1. The van der Waals surface area contributed by atoms with Gasteiger partial charge in [-0.1, -0.05) is 12.8 Å². The Balaban J connectivity index is 2.34. The highest BCUT2D eigenvalue weighted by atomic mass is 16.2. The van der Waals surface area contributed by atoms with Gasteiger partial charge in [-0.3, -0.25) is 9.78 Å². The number of pyridine rings is 1. The van der Waals surface area contributed by atoms with Crippen molar-refractivity contribution in [1.29, 1.82) is 0 Å². The summed E-state index contributed by atoms with van der Waals surface area (Å²) in [4.78, 5) is 15.7. The molecule has 1 amide bonds. The first-order valence-corrected chi connectivity index (χ1v) is 6.87. The van der Waals surface area contributed by atoms with Gasteiger partial charge in [0.25, 0.3) is 5.91 Å². The molecular formula is C14H23N3O2. The fraction of sp³-hybridized carbons (Fsp3) is 0.571. The standard InChI is InChI=1S/C14H23N3O2/c1-2-15-14(19)13-11-12(7-9-17-13)16-8-5-3-4-6-10-18/h7,9,11,18H,2-6,8,10H2,1H3,(H,15,19)(H,16,17). The fourth-order valence-electron chi connectivity index (χ4n) is 1.74. The normalized spacial score (nSPS) is 10.2. The third-order valence-electron chi connectivity index (χ3n) is 2.74. The molecule has 0 saturated carbocycles. The molecule has 1 heterocycles. The van der Waals surface area contributed by atoms with Crippen molar-refractivity contribution in [3.05, 3.63) is 24.0 Å². The number of aromatic nitrogens is 1. The van der Waals surface area contributed by atoms with Gasteiger partial charge in [-0.2, -0.15) is 0 Å². The van der Waals surface area contributed by atoms with Crippen LogP contribution in [-0.4, -0.2) is 35.7 Å². The van der Waals surface area contributed by atoms with E-state index in [1.807, 2.05) is 13.0 Å². The van der Waals surface area contributed by atoms with Gasteiger partial charge in [0, 0.05) is 31.6 Å². The molecule has 0 bridgehead atoms. The molecule has 0 atom stereocenters. The zero-order valence-electron chi connectivity index (χ0n) is 11.5. The summed E-state index contributed by atoms with van der Waals surface area (Å²) in [6.45, 7) is 3.62. The molecule has 1 aromatic heterocycles. The van der Waals surface area contributed by atoms with Gasteiger partial charge in [0.1, 0.15) is 5.69 Å². The number of aliphatic hydroxyl groups is 1. The molecule has 0 saturated heterocycles. The van der Waals surface area contributed by atoms with Gasteiger partial charge in [-0.25, -0.2) is 0 Å². The highest BCUT2D eigenvalue weighted by molar-refractivity contribution is 5.93. The number of hydrogen-bond donors (Lipinski definition) is 3. The van der Waals surface area contributed by atoms with Crippen molar-refractivity contribution in [1.82, 2.24) is 10.3 Å². The second-order valence-electron chi connectivity index (χ2n) is 4.35. The molecule has 0 aliphatic carbocycles. The molecular weight excluding hydrogens is 242 g/mol. The summed E-state index contributed by atoms with van der Waals surface area (Å²) in [5.41, 5.74) is 1.35. The van der Waals surface area contributed by atoms with E-state index in [9.17, 15) is 4.79 Å². The number of aliphatic hydroxyl groups excluding tert-OH is 1. The molecule has 19 heavy (non-hydrogen) atoms. The zero-order valence-corrected chi connectivity index (χ0v) is 11.5. The number of carbonyl (C=O) groups is 1. The van der Waals surface area contributed by atoms with E-state index in [2.05, 4.69) is 15.6 Å². The number of hydrogen-bond acceptors (Lipinski definition) is 4. The number of unbranched alkanes of at least 4 members (excludes halogenated alkanes) is 3.